The first-order valence-corrected chi connectivity index (χ1v) is 7.31. The topological polar surface area (TPSA) is 69.6 Å². The summed E-state index contributed by atoms with van der Waals surface area (Å²) in [5, 5.41) is 22.8. The average molecular weight is 277 g/mol. The van der Waals surface area contributed by atoms with E-state index in [1.54, 1.807) is 0 Å². The van der Waals surface area contributed by atoms with E-state index in [0.29, 0.717) is 32.2 Å². The number of carboxylic acid groups (broad SMARTS) is 1. The number of carboxylic acids is 1. The van der Waals surface area contributed by atoms with Crippen molar-refractivity contribution in [3.63, 3.8) is 0 Å². The summed E-state index contributed by atoms with van der Waals surface area (Å²) < 4.78 is 0. The summed E-state index contributed by atoms with van der Waals surface area (Å²) in [6.45, 7) is 2.59. The van der Waals surface area contributed by atoms with Crippen molar-refractivity contribution in [2.75, 3.05) is 11.9 Å². The van der Waals surface area contributed by atoms with Crippen molar-refractivity contribution in [3.05, 3.63) is 29.8 Å². The molecular formula is C16H23NO3. The zero-order chi connectivity index (χ0) is 14.6. The van der Waals surface area contributed by atoms with Gasteiger partial charge in [0.1, 0.15) is 0 Å². The summed E-state index contributed by atoms with van der Waals surface area (Å²) in [5.74, 6) is -1.03. The Hall–Kier alpha value is -1.55. The molecule has 1 aromatic carbocycles. The van der Waals surface area contributed by atoms with Crippen molar-refractivity contribution in [1.82, 2.24) is 0 Å². The van der Waals surface area contributed by atoms with Gasteiger partial charge in [0.15, 0.2) is 0 Å². The van der Waals surface area contributed by atoms with Gasteiger partial charge in [0.2, 0.25) is 0 Å². The van der Waals surface area contributed by atoms with E-state index < -0.39 is 11.6 Å². The van der Waals surface area contributed by atoms with Crippen LogP contribution in [0.5, 0.6) is 0 Å². The van der Waals surface area contributed by atoms with Crippen LogP contribution < -0.4 is 5.32 Å². The molecule has 1 aliphatic rings. The van der Waals surface area contributed by atoms with E-state index in [9.17, 15) is 9.90 Å². The Bertz CT molecular complexity index is 465. The van der Waals surface area contributed by atoms with Gasteiger partial charge in [0, 0.05) is 12.2 Å². The fraction of sp³-hybridized carbons (Fsp3) is 0.562. The Labute approximate surface area is 119 Å². The predicted octanol–water partition coefficient (Wildman–Crippen LogP) is 2.67. The van der Waals surface area contributed by atoms with Gasteiger partial charge in [-0.15, -0.1) is 0 Å². The minimum absolute atomic E-state index is 0.293. The number of carbonyl (C=O) groups is 1. The number of nitrogens with one attached hydrogen (secondary N) is 1. The highest BCUT2D eigenvalue weighted by molar-refractivity contribution is 5.70. The Morgan fingerprint density at radius 1 is 1.35 bits per heavy atom. The molecule has 2 rings (SSSR count). The highest BCUT2D eigenvalue weighted by atomic mass is 16.4. The molecule has 0 radical (unpaired) electrons. The first-order valence-electron chi connectivity index (χ1n) is 7.31. The molecule has 1 aromatic rings. The third-order valence-electron chi connectivity index (χ3n) is 4.27. The van der Waals surface area contributed by atoms with Crippen LogP contribution in [0.15, 0.2) is 24.3 Å². The zero-order valence-electron chi connectivity index (χ0n) is 11.9. The number of anilines is 1. The summed E-state index contributed by atoms with van der Waals surface area (Å²) in [6, 6.07) is 8.09. The van der Waals surface area contributed by atoms with Gasteiger partial charge in [-0.25, -0.2) is 0 Å². The number of aliphatic hydroxyl groups is 1. The van der Waals surface area contributed by atoms with E-state index in [2.05, 4.69) is 18.3 Å². The summed E-state index contributed by atoms with van der Waals surface area (Å²) in [4.78, 5) is 10.9. The summed E-state index contributed by atoms with van der Waals surface area (Å²) in [6.07, 6.45) is 3.16. The number of para-hydroxylation sites is 1. The molecule has 0 aliphatic heterocycles. The van der Waals surface area contributed by atoms with Crippen LogP contribution >= 0.6 is 0 Å². The molecule has 0 spiro atoms. The van der Waals surface area contributed by atoms with Gasteiger partial charge in [-0.1, -0.05) is 25.1 Å². The van der Waals surface area contributed by atoms with Crippen molar-refractivity contribution >= 4 is 11.7 Å². The molecule has 20 heavy (non-hydrogen) atoms. The van der Waals surface area contributed by atoms with Crippen LogP contribution in [0.2, 0.25) is 0 Å². The van der Waals surface area contributed by atoms with Crippen molar-refractivity contribution in [3.8, 4) is 0 Å². The van der Waals surface area contributed by atoms with Crippen LogP contribution in [-0.2, 0) is 11.2 Å². The van der Waals surface area contributed by atoms with E-state index in [0.717, 1.165) is 12.1 Å². The van der Waals surface area contributed by atoms with Crippen LogP contribution in [0.4, 0.5) is 5.69 Å². The van der Waals surface area contributed by atoms with Gasteiger partial charge in [-0.3, -0.25) is 4.79 Å². The zero-order valence-corrected chi connectivity index (χ0v) is 11.9. The first kappa shape index (κ1) is 14.9. The standard InChI is InChI=1S/C16H23NO3/c1-2-12-5-3-4-6-14(12)17-11-16(20)9-7-13(8-10-16)15(18)19/h3-6,13,17,20H,2,7-11H2,1H3,(H,18,19). The maximum atomic E-state index is 10.9. The maximum Gasteiger partial charge on any atom is 0.306 e. The summed E-state index contributed by atoms with van der Waals surface area (Å²) >= 11 is 0. The molecule has 4 heteroatoms. The lowest BCUT2D eigenvalue weighted by Crippen LogP contribution is -2.41. The van der Waals surface area contributed by atoms with E-state index in [4.69, 9.17) is 5.11 Å². The SMILES string of the molecule is CCc1ccccc1NCC1(O)CCC(C(=O)O)CC1. The third-order valence-corrected chi connectivity index (χ3v) is 4.27. The van der Waals surface area contributed by atoms with Crippen molar-refractivity contribution in [2.24, 2.45) is 5.92 Å². The number of hydrogen-bond acceptors (Lipinski definition) is 3. The van der Waals surface area contributed by atoms with Crippen LogP contribution in [0, 0.1) is 5.92 Å². The van der Waals surface area contributed by atoms with Crippen molar-refractivity contribution in [1.29, 1.82) is 0 Å². The van der Waals surface area contributed by atoms with Gasteiger partial charge in [-0.2, -0.15) is 0 Å². The Morgan fingerprint density at radius 2 is 2.00 bits per heavy atom. The minimum Gasteiger partial charge on any atom is -0.481 e. The molecular weight excluding hydrogens is 254 g/mol. The molecule has 1 fully saturated rings. The second-order valence-corrected chi connectivity index (χ2v) is 5.70. The van der Waals surface area contributed by atoms with Crippen molar-refractivity contribution < 1.29 is 15.0 Å². The molecule has 0 heterocycles. The van der Waals surface area contributed by atoms with Gasteiger partial charge in [0.25, 0.3) is 0 Å². The lowest BCUT2D eigenvalue weighted by molar-refractivity contribution is -0.144. The molecule has 1 saturated carbocycles. The Balaban J connectivity index is 1.92. The number of hydrogen-bond donors (Lipinski definition) is 3. The summed E-state index contributed by atoms with van der Waals surface area (Å²) in [5.41, 5.74) is 1.51. The maximum absolute atomic E-state index is 10.9. The Morgan fingerprint density at radius 3 is 2.60 bits per heavy atom. The number of benzene rings is 1. The van der Waals surface area contributed by atoms with Gasteiger partial charge in [0.05, 0.1) is 11.5 Å². The quantitative estimate of drug-likeness (QED) is 0.774. The van der Waals surface area contributed by atoms with Crippen LogP contribution in [0.3, 0.4) is 0 Å². The second kappa shape index (κ2) is 6.27. The lowest BCUT2D eigenvalue weighted by atomic mass is 9.79. The van der Waals surface area contributed by atoms with Gasteiger partial charge >= 0.3 is 5.97 Å². The molecule has 0 atom stereocenters. The predicted molar refractivity (Wildman–Crippen MR) is 78.9 cm³/mol. The first-order chi connectivity index (χ1) is 9.54. The van der Waals surface area contributed by atoms with Crippen LogP contribution in [0.1, 0.15) is 38.2 Å². The molecule has 110 valence electrons. The molecule has 4 nitrogen and oxygen atoms in total. The molecule has 0 bridgehead atoms. The molecule has 0 aromatic heterocycles. The second-order valence-electron chi connectivity index (χ2n) is 5.70. The highest BCUT2D eigenvalue weighted by Crippen LogP contribution is 2.32. The van der Waals surface area contributed by atoms with Crippen molar-refractivity contribution in [2.45, 2.75) is 44.6 Å². The number of rotatable bonds is 5. The normalized spacial score (nSPS) is 26.2. The largest absolute Gasteiger partial charge is 0.481 e. The van der Waals surface area contributed by atoms with Gasteiger partial charge < -0.3 is 15.5 Å². The smallest absolute Gasteiger partial charge is 0.306 e. The molecule has 1 aliphatic carbocycles. The molecule has 0 amide bonds. The van der Waals surface area contributed by atoms with Crippen LogP contribution in [0.25, 0.3) is 0 Å². The number of aliphatic carboxylic acids is 1. The fourth-order valence-electron chi connectivity index (χ4n) is 2.84. The number of aryl methyl sites for hydroxylation is 1. The molecule has 0 unspecified atom stereocenters. The van der Waals surface area contributed by atoms with Crippen LogP contribution in [-0.4, -0.2) is 28.3 Å². The van der Waals surface area contributed by atoms with E-state index in [-0.39, 0.29) is 5.92 Å². The van der Waals surface area contributed by atoms with E-state index in [1.807, 2.05) is 18.2 Å². The van der Waals surface area contributed by atoms with E-state index in [1.165, 1.54) is 5.56 Å². The lowest BCUT2D eigenvalue weighted by Gasteiger charge is -2.35. The minimum atomic E-state index is -0.785. The highest BCUT2D eigenvalue weighted by Gasteiger charge is 2.35. The molecule has 0 saturated heterocycles. The third kappa shape index (κ3) is 3.51. The molecule has 3 N–H and O–H groups in total. The van der Waals surface area contributed by atoms with Gasteiger partial charge in [-0.05, 0) is 43.7 Å². The fourth-order valence-corrected chi connectivity index (χ4v) is 2.84. The van der Waals surface area contributed by atoms with E-state index >= 15 is 0 Å². The summed E-state index contributed by atoms with van der Waals surface area (Å²) in [7, 11) is 0. The monoisotopic (exact) mass is 277 g/mol. The average Bonchev–Trinajstić information content (AvgIpc) is 2.46. The Kier molecular flexibility index (Phi) is 4.65.